The molecule has 33 heavy (non-hydrogen) atoms. The molecule has 2 aromatic carbocycles. The van der Waals surface area contributed by atoms with Gasteiger partial charge in [0.1, 0.15) is 5.69 Å². The molecule has 0 atom stereocenters. The molecule has 1 amide bonds. The van der Waals surface area contributed by atoms with Gasteiger partial charge in [-0.1, -0.05) is 47.7 Å². The Labute approximate surface area is 190 Å². The van der Waals surface area contributed by atoms with Crippen molar-refractivity contribution >= 4 is 23.4 Å². The van der Waals surface area contributed by atoms with Crippen LogP contribution < -0.4 is 11.2 Å². The van der Waals surface area contributed by atoms with Crippen molar-refractivity contribution in [2.75, 3.05) is 16.9 Å². The molecule has 0 saturated carbocycles. The number of aromatic amines is 1. The van der Waals surface area contributed by atoms with Crippen LogP contribution in [0.3, 0.4) is 0 Å². The third-order valence-corrected chi connectivity index (χ3v) is 5.58. The van der Waals surface area contributed by atoms with Gasteiger partial charge in [0.25, 0.3) is 0 Å². The number of halogens is 3. The van der Waals surface area contributed by atoms with E-state index in [2.05, 4.69) is 25.7 Å². The number of nitrogens with two attached hydrogens (primary N) is 1. The second-order valence-corrected chi connectivity index (χ2v) is 8.07. The number of nitrogen functional groups attached to an aromatic ring is 1. The maximum atomic E-state index is 12.8. The fourth-order valence-electron chi connectivity index (χ4n) is 2.97. The van der Waals surface area contributed by atoms with E-state index in [0.29, 0.717) is 17.2 Å². The Kier molecular flexibility index (Phi) is 6.09. The van der Waals surface area contributed by atoms with Gasteiger partial charge in [0.05, 0.1) is 17.0 Å². The van der Waals surface area contributed by atoms with E-state index in [1.54, 1.807) is 6.07 Å². The number of carbonyl (C=O) groups excluding carboxylic acids is 1. The Morgan fingerprint density at radius 3 is 2.64 bits per heavy atom. The Balaban J connectivity index is 1.41. The van der Waals surface area contributed by atoms with E-state index in [1.165, 1.54) is 16.8 Å². The molecule has 0 aliphatic heterocycles. The zero-order valence-electron chi connectivity index (χ0n) is 17.2. The van der Waals surface area contributed by atoms with Gasteiger partial charge >= 0.3 is 6.18 Å². The quantitative estimate of drug-likeness (QED) is 0.287. The van der Waals surface area contributed by atoms with Gasteiger partial charge in [-0.15, -0.1) is 10.2 Å². The summed E-state index contributed by atoms with van der Waals surface area (Å²) in [6.07, 6.45) is -4.49. The number of nitrogens with zero attached hydrogens (tertiary/aromatic N) is 4. The van der Waals surface area contributed by atoms with E-state index in [0.717, 1.165) is 35.0 Å². The maximum absolute atomic E-state index is 12.8. The number of aryl methyl sites for hydroxylation is 1. The number of nitrogens with one attached hydrogen (secondary N) is 2. The van der Waals surface area contributed by atoms with E-state index in [9.17, 15) is 18.0 Å². The van der Waals surface area contributed by atoms with Crippen molar-refractivity contribution in [2.45, 2.75) is 18.3 Å². The molecule has 0 fully saturated rings. The summed E-state index contributed by atoms with van der Waals surface area (Å²) in [4.78, 5) is 12.2. The third kappa shape index (κ3) is 5.17. The van der Waals surface area contributed by atoms with Crippen molar-refractivity contribution in [1.82, 2.24) is 25.1 Å². The predicted molar refractivity (Wildman–Crippen MR) is 119 cm³/mol. The summed E-state index contributed by atoms with van der Waals surface area (Å²) in [6.45, 7) is 2.00. The Hall–Kier alpha value is -3.80. The molecule has 8 nitrogen and oxygen atoms in total. The lowest BCUT2D eigenvalue weighted by atomic mass is 10.1. The van der Waals surface area contributed by atoms with E-state index >= 15 is 0 Å². The SMILES string of the molecule is Cc1ccc(-c2cc(-c3nnc(SCC(=O)Nc4cccc(C(F)(F)F)c4)n3N)[nH]n2)cc1. The molecule has 4 N–H and O–H groups in total. The standard InChI is InChI=1S/C21H18F3N7OS/c1-12-5-7-13(8-6-12)16-10-17(28-27-16)19-29-30-20(31(19)25)33-11-18(32)26-15-4-2-3-14(9-15)21(22,23)24/h2-10H,11,25H2,1H3,(H,26,32)(H,27,28). The lowest BCUT2D eigenvalue weighted by Crippen LogP contribution is -2.17. The number of anilines is 1. The van der Waals surface area contributed by atoms with Crippen LogP contribution in [0.15, 0.2) is 59.8 Å². The highest BCUT2D eigenvalue weighted by Crippen LogP contribution is 2.31. The molecular formula is C21H18F3N7OS. The van der Waals surface area contributed by atoms with Crippen molar-refractivity contribution < 1.29 is 18.0 Å². The molecule has 12 heteroatoms. The number of carbonyl (C=O) groups is 1. The van der Waals surface area contributed by atoms with Crippen molar-refractivity contribution in [2.24, 2.45) is 0 Å². The fraction of sp³-hybridized carbons (Fsp3) is 0.143. The van der Waals surface area contributed by atoms with Gasteiger partial charge in [-0.2, -0.15) is 18.3 Å². The van der Waals surface area contributed by atoms with Crippen LogP contribution in [-0.2, 0) is 11.0 Å². The minimum absolute atomic E-state index is 0.0476. The topological polar surface area (TPSA) is 115 Å². The number of hydrogen-bond donors (Lipinski definition) is 3. The van der Waals surface area contributed by atoms with Crippen LogP contribution >= 0.6 is 11.8 Å². The first kappa shape index (κ1) is 22.4. The van der Waals surface area contributed by atoms with Gasteiger partial charge in [-0.3, -0.25) is 9.89 Å². The van der Waals surface area contributed by atoms with Gasteiger partial charge < -0.3 is 11.2 Å². The maximum Gasteiger partial charge on any atom is 0.416 e. The van der Waals surface area contributed by atoms with Crippen LogP contribution in [0.5, 0.6) is 0 Å². The molecule has 0 saturated heterocycles. The number of rotatable bonds is 6. The van der Waals surface area contributed by atoms with Crippen molar-refractivity contribution in [3.63, 3.8) is 0 Å². The van der Waals surface area contributed by atoms with E-state index < -0.39 is 17.6 Å². The average molecular weight is 473 g/mol. The molecule has 0 unspecified atom stereocenters. The number of H-pyrrole nitrogens is 1. The zero-order valence-corrected chi connectivity index (χ0v) is 18.0. The van der Waals surface area contributed by atoms with Crippen LogP contribution in [0.2, 0.25) is 0 Å². The third-order valence-electron chi connectivity index (χ3n) is 4.64. The molecule has 0 bridgehead atoms. The van der Waals surface area contributed by atoms with Crippen molar-refractivity contribution in [3.8, 4) is 22.8 Å². The van der Waals surface area contributed by atoms with E-state index in [1.807, 2.05) is 31.2 Å². The summed E-state index contributed by atoms with van der Waals surface area (Å²) in [5, 5.41) is 17.9. The molecule has 0 aliphatic carbocycles. The highest BCUT2D eigenvalue weighted by molar-refractivity contribution is 7.99. The van der Waals surface area contributed by atoms with E-state index in [4.69, 9.17) is 5.84 Å². The largest absolute Gasteiger partial charge is 0.416 e. The van der Waals surface area contributed by atoms with Gasteiger partial charge in [-0.25, -0.2) is 4.68 Å². The molecule has 0 radical (unpaired) electrons. The van der Waals surface area contributed by atoms with E-state index in [-0.39, 0.29) is 16.6 Å². The Bertz CT molecular complexity index is 1280. The number of thioether (sulfide) groups is 1. The molecule has 2 aromatic heterocycles. The number of alkyl halides is 3. The van der Waals surface area contributed by atoms with Crippen LogP contribution in [-0.4, -0.2) is 36.7 Å². The first-order valence-corrected chi connectivity index (χ1v) is 10.6. The van der Waals surface area contributed by atoms with Crippen molar-refractivity contribution in [3.05, 3.63) is 65.7 Å². The summed E-state index contributed by atoms with van der Waals surface area (Å²) < 4.78 is 39.7. The van der Waals surface area contributed by atoms with Crippen LogP contribution in [0.4, 0.5) is 18.9 Å². The monoisotopic (exact) mass is 473 g/mol. The first-order chi connectivity index (χ1) is 15.7. The second kappa shape index (κ2) is 8.98. The first-order valence-electron chi connectivity index (χ1n) is 9.64. The highest BCUT2D eigenvalue weighted by atomic mass is 32.2. The molecule has 170 valence electrons. The molecule has 0 aliphatic rings. The summed E-state index contributed by atoms with van der Waals surface area (Å²) in [6, 6.07) is 14.1. The van der Waals surface area contributed by atoms with Crippen LogP contribution in [0.25, 0.3) is 22.8 Å². The van der Waals surface area contributed by atoms with Gasteiger partial charge in [0.2, 0.25) is 16.9 Å². The molecule has 2 heterocycles. The second-order valence-electron chi connectivity index (χ2n) is 7.12. The minimum atomic E-state index is -4.49. The summed E-state index contributed by atoms with van der Waals surface area (Å²) in [7, 11) is 0. The normalized spacial score (nSPS) is 11.5. The minimum Gasteiger partial charge on any atom is -0.335 e. The van der Waals surface area contributed by atoms with Crippen LogP contribution in [0.1, 0.15) is 11.1 Å². The lowest BCUT2D eigenvalue weighted by molar-refractivity contribution is -0.137. The number of amides is 1. The molecule has 4 aromatic rings. The number of hydrogen-bond acceptors (Lipinski definition) is 6. The summed E-state index contributed by atoms with van der Waals surface area (Å²) in [5.41, 5.74) is 2.51. The smallest absolute Gasteiger partial charge is 0.335 e. The zero-order chi connectivity index (χ0) is 23.6. The van der Waals surface area contributed by atoms with Gasteiger partial charge in [0, 0.05) is 11.3 Å². The predicted octanol–water partition coefficient (Wildman–Crippen LogP) is 4.11. The number of benzene rings is 2. The Morgan fingerprint density at radius 1 is 1.15 bits per heavy atom. The molecule has 0 spiro atoms. The highest BCUT2D eigenvalue weighted by Gasteiger charge is 2.30. The molecule has 4 rings (SSSR count). The van der Waals surface area contributed by atoms with Crippen molar-refractivity contribution in [1.29, 1.82) is 0 Å². The van der Waals surface area contributed by atoms with Crippen LogP contribution in [0, 0.1) is 6.92 Å². The fourth-order valence-corrected chi connectivity index (χ4v) is 3.62. The average Bonchev–Trinajstić information content (AvgIpc) is 3.39. The summed E-state index contributed by atoms with van der Waals surface area (Å²) >= 11 is 1.00. The van der Waals surface area contributed by atoms with Gasteiger partial charge in [-0.05, 0) is 31.2 Å². The number of aromatic nitrogens is 5. The van der Waals surface area contributed by atoms with Gasteiger partial charge in [0.15, 0.2) is 0 Å². The summed E-state index contributed by atoms with van der Waals surface area (Å²) in [5.74, 6) is 5.77. The lowest BCUT2D eigenvalue weighted by Gasteiger charge is -2.09. The molecular weight excluding hydrogens is 455 g/mol. The Morgan fingerprint density at radius 2 is 1.91 bits per heavy atom.